The van der Waals surface area contributed by atoms with Gasteiger partial charge >= 0.3 is 0 Å². The summed E-state index contributed by atoms with van der Waals surface area (Å²) >= 11 is 0. The maximum atomic E-state index is 12.4. The van der Waals surface area contributed by atoms with Crippen LogP contribution >= 0.6 is 0 Å². The normalized spacial score (nSPS) is 10.3. The van der Waals surface area contributed by atoms with E-state index in [1.165, 1.54) is 0 Å². The van der Waals surface area contributed by atoms with E-state index in [0.29, 0.717) is 5.56 Å². The number of hydrogen-bond acceptors (Lipinski definition) is 3. The number of nitrogens with one attached hydrogen (secondary N) is 2. The molecule has 0 aliphatic rings. The molecule has 0 fully saturated rings. The van der Waals surface area contributed by atoms with Gasteiger partial charge in [-0.15, -0.1) is 0 Å². The molecule has 3 rings (SSSR count). The van der Waals surface area contributed by atoms with Gasteiger partial charge in [-0.3, -0.25) is 10.2 Å². The van der Waals surface area contributed by atoms with Crippen LogP contribution in [0.15, 0.2) is 78.9 Å². The number of rotatable bonds is 6. The van der Waals surface area contributed by atoms with Crippen molar-refractivity contribution in [1.29, 1.82) is 5.41 Å². The summed E-state index contributed by atoms with van der Waals surface area (Å²) in [5.74, 6) is -0.108. The molecule has 4 N–H and O–H groups in total. The third-order valence-electron chi connectivity index (χ3n) is 4.23. The van der Waals surface area contributed by atoms with Crippen molar-refractivity contribution in [1.82, 2.24) is 0 Å². The summed E-state index contributed by atoms with van der Waals surface area (Å²) in [5, 5.41) is 10.5. The lowest BCUT2D eigenvalue weighted by atomic mass is 10.1. The summed E-state index contributed by atoms with van der Waals surface area (Å²) in [6, 6.07) is 25.1. The van der Waals surface area contributed by atoms with E-state index in [9.17, 15) is 4.79 Å². The minimum Gasteiger partial charge on any atom is -0.384 e. The van der Waals surface area contributed by atoms with Crippen molar-refractivity contribution < 1.29 is 4.79 Å². The molecule has 0 aliphatic heterocycles. The fraction of sp³-hybridized carbons (Fsp3) is 0.0909. The van der Waals surface area contributed by atoms with Crippen LogP contribution in [0.25, 0.3) is 11.1 Å². The molecule has 0 atom stereocenters. The number of carbonyl (C=O) groups excluding carboxylic acids is 1. The van der Waals surface area contributed by atoms with Gasteiger partial charge in [0.05, 0.1) is 6.54 Å². The third-order valence-corrected chi connectivity index (χ3v) is 4.23. The Kier molecular flexibility index (Phi) is 5.52. The number of benzene rings is 3. The molecular weight excluding hydrogens is 336 g/mol. The second-order valence-corrected chi connectivity index (χ2v) is 6.32. The second-order valence-electron chi connectivity index (χ2n) is 6.32. The van der Waals surface area contributed by atoms with Gasteiger partial charge in [-0.1, -0.05) is 54.6 Å². The first-order chi connectivity index (χ1) is 13.0. The topological polar surface area (TPSA) is 82.2 Å². The van der Waals surface area contributed by atoms with Crippen molar-refractivity contribution in [2.45, 2.75) is 0 Å². The van der Waals surface area contributed by atoms with Crippen molar-refractivity contribution >= 4 is 23.1 Å². The second kappa shape index (κ2) is 8.19. The van der Waals surface area contributed by atoms with Gasteiger partial charge in [0.2, 0.25) is 5.91 Å². The maximum Gasteiger partial charge on any atom is 0.243 e. The first-order valence-electron chi connectivity index (χ1n) is 8.64. The summed E-state index contributed by atoms with van der Waals surface area (Å²) in [6.45, 7) is 0.191. The van der Waals surface area contributed by atoms with Gasteiger partial charge in [0, 0.05) is 24.0 Å². The quantitative estimate of drug-likeness (QED) is 0.464. The first-order valence-corrected chi connectivity index (χ1v) is 8.64. The number of nitrogens with two attached hydrogens (primary N) is 1. The van der Waals surface area contributed by atoms with Crippen LogP contribution in [0.1, 0.15) is 5.56 Å². The highest BCUT2D eigenvalue weighted by Gasteiger charge is 2.09. The molecule has 0 aromatic heterocycles. The minimum absolute atomic E-state index is 0.00688. The average molecular weight is 358 g/mol. The Labute approximate surface area is 159 Å². The lowest BCUT2D eigenvalue weighted by Gasteiger charge is -2.19. The van der Waals surface area contributed by atoms with E-state index in [1.54, 1.807) is 12.1 Å². The average Bonchev–Trinajstić information content (AvgIpc) is 2.69. The van der Waals surface area contributed by atoms with Crippen LogP contribution < -0.4 is 16.0 Å². The molecule has 1 amide bonds. The standard InChI is InChI=1S/C22H22N4O/c1-26(20-12-6-10-18(14-20)22(23)24)15-21(27)25-19-11-5-9-17(13-19)16-7-3-2-4-8-16/h2-14H,15H2,1H3,(H3,23,24)(H,25,27). The van der Waals surface area contributed by atoms with E-state index < -0.39 is 0 Å². The summed E-state index contributed by atoms with van der Waals surface area (Å²) in [5.41, 5.74) is 9.91. The van der Waals surface area contributed by atoms with Crippen LogP contribution in [0.5, 0.6) is 0 Å². The van der Waals surface area contributed by atoms with E-state index in [0.717, 1.165) is 22.5 Å². The van der Waals surface area contributed by atoms with Crippen molar-refractivity contribution in [2.75, 3.05) is 23.8 Å². The Morgan fingerprint density at radius 1 is 0.963 bits per heavy atom. The monoisotopic (exact) mass is 358 g/mol. The molecule has 0 radical (unpaired) electrons. The number of hydrogen-bond donors (Lipinski definition) is 3. The molecule has 0 saturated carbocycles. The Bertz CT molecular complexity index is 953. The predicted molar refractivity (Wildman–Crippen MR) is 111 cm³/mol. The largest absolute Gasteiger partial charge is 0.384 e. The van der Waals surface area contributed by atoms with Crippen molar-refractivity contribution in [3.63, 3.8) is 0 Å². The van der Waals surface area contributed by atoms with Crippen LogP contribution in [-0.2, 0) is 4.79 Å². The molecule has 0 heterocycles. The van der Waals surface area contributed by atoms with Crippen LogP contribution in [0.4, 0.5) is 11.4 Å². The molecule has 0 spiro atoms. The number of likely N-dealkylation sites (N-methyl/N-ethyl adjacent to an activating group) is 1. The Hall–Kier alpha value is -3.60. The molecule has 27 heavy (non-hydrogen) atoms. The zero-order chi connectivity index (χ0) is 19.2. The van der Waals surface area contributed by atoms with Crippen LogP contribution in [0.2, 0.25) is 0 Å². The number of carbonyl (C=O) groups is 1. The van der Waals surface area contributed by atoms with Gasteiger partial charge in [0.1, 0.15) is 5.84 Å². The van der Waals surface area contributed by atoms with E-state index in [1.807, 2.05) is 78.7 Å². The van der Waals surface area contributed by atoms with Crippen molar-refractivity contribution in [3.05, 3.63) is 84.4 Å². The summed E-state index contributed by atoms with van der Waals surface area (Å²) < 4.78 is 0. The van der Waals surface area contributed by atoms with Gasteiger partial charge in [-0.2, -0.15) is 0 Å². The number of anilines is 2. The number of amides is 1. The molecule has 3 aromatic rings. The van der Waals surface area contributed by atoms with E-state index in [-0.39, 0.29) is 18.3 Å². The minimum atomic E-state index is -0.115. The number of nitrogens with zero attached hydrogens (tertiary/aromatic N) is 1. The van der Waals surface area contributed by atoms with E-state index in [4.69, 9.17) is 11.1 Å². The molecule has 5 nitrogen and oxygen atoms in total. The molecule has 3 aromatic carbocycles. The Balaban J connectivity index is 1.67. The first kappa shape index (κ1) is 18.2. The smallest absolute Gasteiger partial charge is 0.243 e. The van der Waals surface area contributed by atoms with Crippen LogP contribution in [-0.4, -0.2) is 25.3 Å². The molecule has 0 aliphatic carbocycles. The zero-order valence-electron chi connectivity index (χ0n) is 15.1. The van der Waals surface area contributed by atoms with Gasteiger partial charge in [0.15, 0.2) is 0 Å². The summed E-state index contributed by atoms with van der Waals surface area (Å²) in [7, 11) is 1.83. The number of amidine groups is 1. The number of nitrogen functional groups attached to an aromatic ring is 1. The molecule has 5 heteroatoms. The van der Waals surface area contributed by atoms with Gasteiger partial charge in [-0.25, -0.2) is 0 Å². The summed E-state index contributed by atoms with van der Waals surface area (Å²) in [4.78, 5) is 14.3. The molecule has 0 saturated heterocycles. The molecule has 0 unspecified atom stereocenters. The zero-order valence-corrected chi connectivity index (χ0v) is 15.1. The maximum absolute atomic E-state index is 12.4. The highest BCUT2D eigenvalue weighted by Crippen LogP contribution is 2.22. The fourth-order valence-electron chi connectivity index (χ4n) is 2.83. The van der Waals surface area contributed by atoms with Gasteiger partial charge < -0.3 is 16.0 Å². The van der Waals surface area contributed by atoms with Crippen LogP contribution in [0, 0.1) is 5.41 Å². The highest BCUT2D eigenvalue weighted by atomic mass is 16.2. The Morgan fingerprint density at radius 2 is 1.67 bits per heavy atom. The van der Waals surface area contributed by atoms with E-state index in [2.05, 4.69) is 5.32 Å². The predicted octanol–water partition coefficient (Wildman–Crippen LogP) is 3.71. The van der Waals surface area contributed by atoms with Crippen molar-refractivity contribution in [3.8, 4) is 11.1 Å². The fourth-order valence-corrected chi connectivity index (χ4v) is 2.83. The lowest BCUT2D eigenvalue weighted by molar-refractivity contribution is -0.114. The molecule has 136 valence electrons. The molecule has 0 bridgehead atoms. The molecular formula is C22H22N4O. The summed E-state index contributed by atoms with van der Waals surface area (Å²) in [6.07, 6.45) is 0. The lowest BCUT2D eigenvalue weighted by Crippen LogP contribution is -2.30. The Morgan fingerprint density at radius 3 is 2.41 bits per heavy atom. The SMILES string of the molecule is CN(CC(=O)Nc1cccc(-c2ccccc2)c1)c1cccc(C(=N)N)c1. The van der Waals surface area contributed by atoms with Crippen molar-refractivity contribution in [2.24, 2.45) is 5.73 Å². The highest BCUT2D eigenvalue weighted by molar-refractivity contribution is 5.97. The third kappa shape index (κ3) is 4.73. The van der Waals surface area contributed by atoms with E-state index >= 15 is 0 Å². The van der Waals surface area contributed by atoms with Crippen LogP contribution in [0.3, 0.4) is 0 Å². The van der Waals surface area contributed by atoms with Gasteiger partial charge in [-0.05, 0) is 35.4 Å². The van der Waals surface area contributed by atoms with Gasteiger partial charge in [0.25, 0.3) is 0 Å².